The van der Waals surface area contributed by atoms with Crippen LogP contribution in [-0.4, -0.2) is 14.6 Å². The molecule has 1 aromatic carbocycles. The van der Waals surface area contributed by atoms with Crippen LogP contribution in [0.5, 0.6) is 0 Å². The molecule has 0 bridgehead atoms. The van der Waals surface area contributed by atoms with Gasteiger partial charge in [-0.25, -0.2) is 0 Å². The predicted molar refractivity (Wildman–Crippen MR) is 73.6 cm³/mol. The Morgan fingerprint density at radius 2 is 1.94 bits per heavy atom. The van der Waals surface area contributed by atoms with E-state index in [-0.39, 0.29) is 6.04 Å². The third kappa shape index (κ3) is 1.63. The maximum absolute atomic E-state index is 5.96. The Bertz CT molecular complexity index is 682. The van der Waals surface area contributed by atoms with Crippen LogP contribution in [0.3, 0.4) is 0 Å². The summed E-state index contributed by atoms with van der Waals surface area (Å²) in [4.78, 5) is 2.13. The van der Waals surface area contributed by atoms with Gasteiger partial charge in [-0.15, -0.1) is 10.2 Å². The van der Waals surface area contributed by atoms with Crippen molar-refractivity contribution in [2.75, 3.05) is 0 Å². The molecule has 2 N–H and O–H groups in total. The summed E-state index contributed by atoms with van der Waals surface area (Å²) in [5.74, 6) is 0.813. The fraction of sp³-hybridized carbons (Fsp3) is 0.231. The van der Waals surface area contributed by atoms with Gasteiger partial charge in [0.25, 0.3) is 0 Å². The lowest BCUT2D eigenvalue weighted by molar-refractivity contribution is 0.728. The van der Waals surface area contributed by atoms with Gasteiger partial charge in [0, 0.05) is 4.88 Å². The van der Waals surface area contributed by atoms with Gasteiger partial charge >= 0.3 is 0 Å². The van der Waals surface area contributed by atoms with Crippen molar-refractivity contribution in [2.24, 2.45) is 5.73 Å². The molecule has 0 saturated heterocycles. The van der Waals surface area contributed by atoms with E-state index in [0.29, 0.717) is 0 Å². The molecule has 0 aliphatic carbocycles. The van der Waals surface area contributed by atoms with Crippen molar-refractivity contribution in [1.82, 2.24) is 14.6 Å². The minimum Gasteiger partial charge on any atom is -0.322 e. The maximum atomic E-state index is 5.96. The molecule has 5 heteroatoms. The van der Waals surface area contributed by atoms with Gasteiger partial charge in [-0.1, -0.05) is 41.7 Å². The first-order valence-corrected chi connectivity index (χ1v) is 6.65. The molecule has 2 heterocycles. The van der Waals surface area contributed by atoms with Crippen LogP contribution in [0.25, 0.3) is 16.2 Å². The Morgan fingerprint density at radius 1 is 1.22 bits per heavy atom. The third-order valence-corrected chi connectivity index (χ3v) is 3.86. The number of hydrogen-bond acceptors (Lipinski definition) is 4. The van der Waals surface area contributed by atoms with Gasteiger partial charge in [0.15, 0.2) is 5.82 Å². The van der Waals surface area contributed by atoms with E-state index < -0.39 is 0 Å². The molecule has 0 aliphatic rings. The van der Waals surface area contributed by atoms with Crippen LogP contribution in [0.4, 0.5) is 0 Å². The minimum atomic E-state index is -0.128. The van der Waals surface area contributed by atoms with Crippen molar-refractivity contribution in [3.8, 4) is 11.3 Å². The molecule has 3 aromatic rings. The second-order valence-electron chi connectivity index (χ2n) is 4.34. The van der Waals surface area contributed by atoms with Gasteiger partial charge in [0.1, 0.15) is 0 Å². The molecular formula is C13H14N4S. The first-order valence-electron chi connectivity index (χ1n) is 5.84. The smallest absolute Gasteiger partial charge is 0.216 e. The quantitative estimate of drug-likeness (QED) is 0.769. The Morgan fingerprint density at radius 3 is 2.61 bits per heavy atom. The van der Waals surface area contributed by atoms with Gasteiger partial charge in [-0.2, -0.15) is 0 Å². The summed E-state index contributed by atoms with van der Waals surface area (Å²) in [6.07, 6.45) is 0. The van der Waals surface area contributed by atoms with Crippen LogP contribution < -0.4 is 5.73 Å². The summed E-state index contributed by atoms with van der Waals surface area (Å²) < 4.78 is 2.07. The zero-order valence-electron chi connectivity index (χ0n) is 10.3. The van der Waals surface area contributed by atoms with E-state index >= 15 is 0 Å². The van der Waals surface area contributed by atoms with E-state index in [1.807, 2.05) is 25.1 Å². The number of aryl methyl sites for hydroxylation is 1. The summed E-state index contributed by atoms with van der Waals surface area (Å²) in [6, 6.07) is 10.2. The van der Waals surface area contributed by atoms with Crippen LogP contribution >= 0.6 is 11.3 Å². The van der Waals surface area contributed by atoms with Crippen molar-refractivity contribution < 1.29 is 0 Å². The molecule has 2 aromatic heterocycles. The normalized spacial score (nSPS) is 13.1. The maximum Gasteiger partial charge on any atom is 0.216 e. The van der Waals surface area contributed by atoms with E-state index in [0.717, 1.165) is 16.5 Å². The SMILES string of the molecule is Cc1sc2nnc(C(C)N)n2c1-c1ccccc1. The van der Waals surface area contributed by atoms with Gasteiger partial charge in [-0.3, -0.25) is 4.40 Å². The van der Waals surface area contributed by atoms with E-state index in [1.165, 1.54) is 10.4 Å². The molecule has 0 amide bonds. The zero-order valence-corrected chi connectivity index (χ0v) is 11.1. The molecule has 0 spiro atoms. The Hall–Kier alpha value is -1.72. The number of hydrogen-bond donors (Lipinski definition) is 1. The van der Waals surface area contributed by atoms with Crippen molar-refractivity contribution >= 4 is 16.3 Å². The summed E-state index contributed by atoms with van der Waals surface area (Å²) in [5.41, 5.74) is 8.28. The summed E-state index contributed by atoms with van der Waals surface area (Å²) in [7, 11) is 0. The fourth-order valence-corrected chi connectivity index (χ4v) is 3.06. The average molecular weight is 258 g/mol. The van der Waals surface area contributed by atoms with E-state index in [9.17, 15) is 0 Å². The highest BCUT2D eigenvalue weighted by molar-refractivity contribution is 7.17. The Kier molecular flexibility index (Phi) is 2.65. The molecule has 0 saturated carbocycles. The topological polar surface area (TPSA) is 56.2 Å². The molecule has 3 rings (SSSR count). The predicted octanol–water partition coefficient (Wildman–Crippen LogP) is 2.79. The van der Waals surface area contributed by atoms with Crippen molar-refractivity contribution in [3.05, 3.63) is 41.0 Å². The molecule has 18 heavy (non-hydrogen) atoms. The van der Waals surface area contributed by atoms with Gasteiger partial charge in [-0.05, 0) is 19.4 Å². The van der Waals surface area contributed by atoms with E-state index in [4.69, 9.17) is 5.73 Å². The lowest BCUT2D eigenvalue weighted by atomic mass is 10.1. The van der Waals surface area contributed by atoms with Crippen LogP contribution in [0.15, 0.2) is 30.3 Å². The third-order valence-electron chi connectivity index (χ3n) is 2.91. The van der Waals surface area contributed by atoms with E-state index in [1.54, 1.807) is 11.3 Å². The van der Waals surface area contributed by atoms with Gasteiger partial charge < -0.3 is 5.73 Å². The first-order chi connectivity index (χ1) is 8.68. The van der Waals surface area contributed by atoms with Crippen molar-refractivity contribution in [3.63, 3.8) is 0 Å². The number of benzene rings is 1. The summed E-state index contributed by atoms with van der Waals surface area (Å²) in [5, 5.41) is 8.38. The summed E-state index contributed by atoms with van der Waals surface area (Å²) >= 11 is 1.65. The van der Waals surface area contributed by atoms with Crippen molar-refractivity contribution in [2.45, 2.75) is 19.9 Å². The number of nitrogens with two attached hydrogens (primary N) is 1. The number of nitrogens with zero attached hydrogens (tertiary/aromatic N) is 3. The molecule has 0 fully saturated rings. The number of thiazole rings is 1. The zero-order chi connectivity index (χ0) is 12.7. The second kappa shape index (κ2) is 4.19. The molecule has 92 valence electrons. The number of rotatable bonds is 2. The van der Waals surface area contributed by atoms with Crippen molar-refractivity contribution in [1.29, 1.82) is 0 Å². The largest absolute Gasteiger partial charge is 0.322 e. The lowest BCUT2D eigenvalue weighted by Gasteiger charge is -2.06. The highest BCUT2D eigenvalue weighted by Crippen LogP contribution is 2.32. The monoisotopic (exact) mass is 258 g/mol. The number of aromatic nitrogens is 3. The second-order valence-corrected chi connectivity index (χ2v) is 5.52. The molecule has 1 unspecified atom stereocenters. The molecule has 4 nitrogen and oxygen atoms in total. The average Bonchev–Trinajstić information content (AvgIpc) is 2.87. The number of fused-ring (bicyclic) bond motifs is 1. The fourth-order valence-electron chi connectivity index (χ4n) is 2.12. The van der Waals surface area contributed by atoms with Crippen LogP contribution in [-0.2, 0) is 0 Å². The van der Waals surface area contributed by atoms with Crippen LogP contribution in [0.1, 0.15) is 23.7 Å². The Balaban J connectivity index is 2.34. The first kappa shape index (κ1) is 11.4. The van der Waals surface area contributed by atoms with Gasteiger partial charge in [0.05, 0.1) is 11.7 Å². The van der Waals surface area contributed by atoms with Crippen LogP contribution in [0.2, 0.25) is 0 Å². The highest BCUT2D eigenvalue weighted by atomic mass is 32.1. The lowest BCUT2D eigenvalue weighted by Crippen LogP contribution is -2.10. The standard InChI is InChI=1S/C13H14N4S/c1-8(14)12-15-16-13-17(12)11(9(2)18-13)10-6-4-3-5-7-10/h3-8H,14H2,1-2H3. The van der Waals surface area contributed by atoms with Gasteiger partial charge in [0.2, 0.25) is 4.96 Å². The Labute approximate surface area is 109 Å². The molecular weight excluding hydrogens is 244 g/mol. The van der Waals surface area contributed by atoms with Crippen LogP contribution in [0, 0.1) is 6.92 Å². The van der Waals surface area contributed by atoms with E-state index in [2.05, 4.69) is 33.7 Å². The molecule has 1 atom stereocenters. The summed E-state index contributed by atoms with van der Waals surface area (Å²) in [6.45, 7) is 4.03. The highest BCUT2D eigenvalue weighted by Gasteiger charge is 2.18. The minimum absolute atomic E-state index is 0.128. The molecule has 0 radical (unpaired) electrons. The molecule has 0 aliphatic heterocycles.